The van der Waals surface area contributed by atoms with Crippen molar-refractivity contribution in [2.75, 3.05) is 13.6 Å². The van der Waals surface area contributed by atoms with E-state index in [9.17, 15) is 5.11 Å². The lowest BCUT2D eigenvalue weighted by atomic mass is 9.74. The molecule has 2 nitrogen and oxygen atoms in total. The Hall–Kier alpha value is -0.860. The van der Waals surface area contributed by atoms with Crippen molar-refractivity contribution in [2.24, 2.45) is 0 Å². The average Bonchev–Trinajstić information content (AvgIpc) is 2.63. The van der Waals surface area contributed by atoms with E-state index in [1.54, 1.807) is 0 Å². The second-order valence-corrected chi connectivity index (χ2v) is 6.47. The topological polar surface area (TPSA) is 23.5 Å². The SMILES string of the molecule is CN1Cc2ccccc2C(C2(O)CCCCCC2)C1. The van der Waals surface area contributed by atoms with Gasteiger partial charge in [0, 0.05) is 19.0 Å². The summed E-state index contributed by atoms with van der Waals surface area (Å²) in [6, 6.07) is 8.69. The van der Waals surface area contributed by atoms with E-state index >= 15 is 0 Å². The third kappa shape index (κ3) is 2.56. The van der Waals surface area contributed by atoms with E-state index in [0.717, 1.165) is 25.9 Å². The molecule has 1 aliphatic heterocycles. The zero-order chi connectivity index (χ0) is 13.3. The van der Waals surface area contributed by atoms with Gasteiger partial charge in [0.05, 0.1) is 5.60 Å². The van der Waals surface area contributed by atoms with Gasteiger partial charge in [-0.15, -0.1) is 0 Å². The highest BCUT2D eigenvalue weighted by atomic mass is 16.3. The fourth-order valence-electron chi connectivity index (χ4n) is 3.93. The highest BCUT2D eigenvalue weighted by Crippen LogP contribution is 2.42. The number of benzene rings is 1. The number of fused-ring (bicyclic) bond motifs is 1. The molecule has 104 valence electrons. The summed E-state index contributed by atoms with van der Waals surface area (Å²) in [5, 5.41) is 11.2. The summed E-state index contributed by atoms with van der Waals surface area (Å²) in [4.78, 5) is 2.36. The number of likely N-dealkylation sites (N-methyl/N-ethyl adjacent to an activating group) is 1. The smallest absolute Gasteiger partial charge is 0.0728 e. The molecule has 2 heteroatoms. The van der Waals surface area contributed by atoms with E-state index in [4.69, 9.17) is 0 Å². The molecule has 1 fully saturated rings. The molecule has 3 rings (SSSR count). The third-order valence-corrected chi connectivity index (χ3v) is 4.98. The molecule has 0 saturated heterocycles. The zero-order valence-corrected chi connectivity index (χ0v) is 11.9. The summed E-state index contributed by atoms with van der Waals surface area (Å²) in [7, 11) is 2.17. The highest BCUT2D eigenvalue weighted by Gasteiger charge is 2.40. The molecule has 1 aliphatic carbocycles. The Morgan fingerprint density at radius 2 is 1.79 bits per heavy atom. The van der Waals surface area contributed by atoms with Gasteiger partial charge >= 0.3 is 0 Å². The first-order chi connectivity index (χ1) is 9.19. The van der Waals surface area contributed by atoms with Crippen molar-refractivity contribution in [3.63, 3.8) is 0 Å². The molecule has 1 N–H and O–H groups in total. The standard InChI is InChI=1S/C17H25NO/c1-18-12-14-8-4-5-9-15(14)16(13-18)17(19)10-6-2-3-7-11-17/h4-5,8-9,16,19H,2-3,6-7,10-13H2,1H3. The van der Waals surface area contributed by atoms with Crippen LogP contribution in [0.3, 0.4) is 0 Å². The van der Waals surface area contributed by atoms with E-state index in [0.29, 0.717) is 5.92 Å². The second-order valence-electron chi connectivity index (χ2n) is 6.47. The molecule has 0 amide bonds. The lowest BCUT2D eigenvalue weighted by molar-refractivity contribution is -0.0161. The Labute approximate surface area is 116 Å². The van der Waals surface area contributed by atoms with Gasteiger partial charge in [0.25, 0.3) is 0 Å². The van der Waals surface area contributed by atoms with E-state index in [1.807, 2.05) is 0 Å². The molecule has 0 bridgehead atoms. The first-order valence-corrected chi connectivity index (χ1v) is 7.68. The number of hydrogen-bond acceptors (Lipinski definition) is 2. The normalized spacial score (nSPS) is 27.6. The van der Waals surface area contributed by atoms with E-state index in [2.05, 4.69) is 36.2 Å². The van der Waals surface area contributed by atoms with Gasteiger partial charge in [-0.25, -0.2) is 0 Å². The molecule has 19 heavy (non-hydrogen) atoms. The number of rotatable bonds is 1. The quantitative estimate of drug-likeness (QED) is 0.782. The average molecular weight is 259 g/mol. The number of nitrogens with zero attached hydrogens (tertiary/aromatic N) is 1. The molecule has 0 aromatic heterocycles. The molecule has 2 aliphatic rings. The summed E-state index contributed by atoms with van der Waals surface area (Å²) in [5.74, 6) is 0.292. The van der Waals surface area contributed by atoms with Crippen molar-refractivity contribution in [3.8, 4) is 0 Å². The third-order valence-electron chi connectivity index (χ3n) is 4.98. The van der Waals surface area contributed by atoms with Gasteiger partial charge in [0.15, 0.2) is 0 Å². The summed E-state index contributed by atoms with van der Waals surface area (Å²) in [6.45, 7) is 2.01. The Morgan fingerprint density at radius 3 is 2.53 bits per heavy atom. The molecule has 0 radical (unpaired) electrons. The van der Waals surface area contributed by atoms with Crippen molar-refractivity contribution < 1.29 is 5.11 Å². The maximum atomic E-state index is 11.2. The monoisotopic (exact) mass is 259 g/mol. The Balaban J connectivity index is 1.95. The van der Waals surface area contributed by atoms with Gasteiger partial charge < -0.3 is 10.0 Å². The minimum Gasteiger partial charge on any atom is -0.389 e. The number of hydrogen-bond donors (Lipinski definition) is 1. The fraction of sp³-hybridized carbons (Fsp3) is 0.647. The predicted octanol–water partition coefficient (Wildman–Crippen LogP) is 3.30. The van der Waals surface area contributed by atoms with Crippen molar-refractivity contribution in [2.45, 2.75) is 56.6 Å². The molecular formula is C17H25NO. The van der Waals surface area contributed by atoms with Crippen LogP contribution in [-0.4, -0.2) is 29.2 Å². The van der Waals surface area contributed by atoms with Gasteiger partial charge in [0.2, 0.25) is 0 Å². The Morgan fingerprint density at radius 1 is 1.11 bits per heavy atom. The summed E-state index contributed by atoms with van der Waals surface area (Å²) >= 11 is 0. The van der Waals surface area contributed by atoms with Gasteiger partial charge in [-0.05, 0) is 31.0 Å². The van der Waals surface area contributed by atoms with E-state index in [1.165, 1.54) is 36.8 Å². The van der Waals surface area contributed by atoms with Crippen molar-refractivity contribution in [3.05, 3.63) is 35.4 Å². The summed E-state index contributed by atoms with van der Waals surface area (Å²) in [6.07, 6.45) is 6.87. The van der Waals surface area contributed by atoms with Gasteiger partial charge in [-0.2, -0.15) is 0 Å². The molecule has 1 aromatic carbocycles. The lowest BCUT2D eigenvalue weighted by Crippen LogP contribution is -2.44. The van der Waals surface area contributed by atoms with Crippen molar-refractivity contribution in [1.29, 1.82) is 0 Å². The van der Waals surface area contributed by atoms with Crippen LogP contribution in [0.5, 0.6) is 0 Å². The van der Waals surface area contributed by atoms with E-state index < -0.39 is 5.60 Å². The van der Waals surface area contributed by atoms with Crippen LogP contribution in [0.15, 0.2) is 24.3 Å². The molecular weight excluding hydrogens is 234 g/mol. The maximum absolute atomic E-state index is 11.2. The van der Waals surface area contributed by atoms with Crippen LogP contribution in [0.2, 0.25) is 0 Å². The van der Waals surface area contributed by atoms with Crippen LogP contribution in [0, 0.1) is 0 Å². The van der Waals surface area contributed by atoms with Gasteiger partial charge in [-0.3, -0.25) is 0 Å². The Bertz CT molecular complexity index is 435. The van der Waals surface area contributed by atoms with Crippen LogP contribution in [-0.2, 0) is 6.54 Å². The Kier molecular flexibility index (Phi) is 3.64. The highest BCUT2D eigenvalue weighted by molar-refractivity contribution is 5.35. The minimum absolute atomic E-state index is 0.292. The maximum Gasteiger partial charge on any atom is 0.0728 e. The largest absolute Gasteiger partial charge is 0.389 e. The van der Waals surface area contributed by atoms with Crippen molar-refractivity contribution in [1.82, 2.24) is 4.90 Å². The van der Waals surface area contributed by atoms with Gasteiger partial charge in [-0.1, -0.05) is 49.9 Å². The van der Waals surface area contributed by atoms with Crippen LogP contribution in [0.4, 0.5) is 0 Å². The minimum atomic E-state index is -0.485. The second kappa shape index (κ2) is 5.26. The molecule has 1 unspecified atom stereocenters. The van der Waals surface area contributed by atoms with Crippen molar-refractivity contribution >= 4 is 0 Å². The summed E-state index contributed by atoms with van der Waals surface area (Å²) in [5.41, 5.74) is 2.31. The van der Waals surface area contributed by atoms with Crippen LogP contribution in [0.1, 0.15) is 55.6 Å². The number of aliphatic hydroxyl groups is 1. The lowest BCUT2D eigenvalue weighted by Gasteiger charge is -2.42. The molecule has 0 spiro atoms. The van der Waals surface area contributed by atoms with E-state index in [-0.39, 0.29) is 0 Å². The van der Waals surface area contributed by atoms with Crippen LogP contribution >= 0.6 is 0 Å². The predicted molar refractivity (Wildman–Crippen MR) is 78.2 cm³/mol. The first kappa shape index (κ1) is 13.1. The van der Waals surface area contributed by atoms with Gasteiger partial charge in [0.1, 0.15) is 0 Å². The molecule has 1 heterocycles. The molecule has 1 aromatic rings. The molecule has 1 saturated carbocycles. The zero-order valence-electron chi connectivity index (χ0n) is 11.9. The van der Waals surface area contributed by atoms with Crippen LogP contribution in [0.25, 0.3) is 0 Å². The molecule has 1 atom stereocenters. The van der Waals surface area contributed by atoms with Crippen LogP contribution < -0.4 is 0 Å². The summed E-state index contributed by atoms with van der Waals surface area (Å²) < 4.78 is 0. The fourth-order valence-corrected chi connectivity index (χ4v) is 3.93. The first-order valence-electron chi connectivity index (χ1n) is 7.68.